The summed E-state index contributed by atoms with van der Waals surface area (Å²) in [4.78, 5) is 21.3. The van der Waals surface area contributed by atoms with E-state index in [0.29, 0.717) is 29.2 Å². The fourth-order valence-corrected chi connectivity index (χ4v) is 2.73. The summed E-state index contributed by atoms with van der Waals surface area (Å²) in [5, 5.41) is 22.2. The minimum atomic E-state index is -1.08. The molecule has 0 spiro atoms. The minimum Gasteiger partial charge on any atom is -0.493 e. The van der Waals surface area contributed by atoms with Gasteiger partial charge in [-0.2, -0.15) is 0 Å². The molecule has 8 nitrogen and oxygen atoms in total. The van der Waals surface area contributed by atoms with Gasteiger partial charge in [0.25, 0.3) is 5.69 Å². The lowest BCUT2D eigenvalue weighted by Crippen LogP contribution is -2.44. The number of nitro groups is 1. The predicted octanol–water partition coefficient (Wildman–Crippen LogP) is 4.29. The highest BCUT2D eigenvalue weighted by Crippen LogP contribution is 2.35. The molecule has 0 aliphatic carbocycles. The molecule has 2 aromatic carbocycles. The average molecular weight is 374 g/mol. The quantitative estimate of drug-likeness (QED) is 0.552. The van der Waals surface area contributed by atoms with Crippen molar-refractivity contribution < 1.29 is 24.3 Å². The van der Waals surface area contributed by atoms with Crippen molar-refractivity contribution in [1.29, 1.82) is 0 Å². The van der Waals surface area contributed by atoms with E-state index in [4.69, 9.17) is 14.6 Å². The zero-order valence-electron chi connectivity index (χ0n) is 15.6. The van der Waals surface area contributed by atoms with Crippen molar-refractivity contribution in [2.45, 2.75) is 32.7 Å². The summed E-state index contributed by atoms with van der Waals surface area (Å²) in [7, 11) is 1.51. The van der Waals surface area contributed by atoms with Crippen molar-refractivity contribution in [3.05, 3.63) is 57.6 Å². The molecule has 8 heteroatoms. The van der Waals surface area contributed by atoms with Crippen LogP contribution in [-0.4, -0.2) is 28.8 Å². The maximum atomic E-state index is 10.9. The van der Waals surface area contributed by atoms with E-state index in [-0.39, 0.29) is 5.69 Å². The molecule has 0 aliphatic heterocycles. The van der Waals surface area contributed by atoms with Crippen molar-refractivity contribution in [3.8, 4) is 17.2 Å². The third-order valence-corrected chi connectivity index (χ3v) is 3.91. The highest BCUT2D eigenvalue weighted by molar-refractivity contribution is 5.65. The maximum absolute atomic E-state index is 10.9. The summed E-state index contributed by atoms with van der Waals surface area (Å²) in [6.07, 6.45) is -0.618. The van der Waals surface area contributed by atoms with Gasteiger partial charge in [-0.3, -0.25) is 10.1 Å². The molecule has 144 valence electrons. The summed E-state index contributed by atoms with van der Waals surface area (Å²) in [6, 6.07) is 9.69. The fourth-order valence-electron chi connectivity index (χ4n) is 2.73. The number of hydrogen-bond acceptors (Lipinski definition) is 5. The zero-order valence-corrected chi connectivity index (χ0v) is 15.6. The molecule has 27 heavy (non-hydrogen) atoms. The van der Waals surface area contributed by atoms with Crippen LogP contribution in [0.3, 0.4) is 0 Å². The summed E-state index contributed by atoms with van der Waals surface area (Å²) < 4.78 is 11.2. The van der Waals surface area contributed by atoms with Gasteiger partial charge in [0.15, 0.2) is 11.5 Å². The van der Waals surface area contributed by atoms with E-state index < -0.39 is 16.6 Å². The van der Waals surface area contributed by atoms with Gasteiger partial charge in [-0.05, 0) is 56.5 Å². The molecule has 2 N–H and O–H groups in total. The number of nitrogens with one attached hydrogen (secondary N) is 1. The van der Waals surface area contributed by atoms with E-state index in [2.05, 4.69) is 5.32 Å². The molecule has 0 aliphatic rings. The number of nitro benzene ring substituents is 1. The third-order valence-electron chi connectivity index (χ3n) is 3.91. The van der Waals surface area contributed by atoms with E-state index in [9.17, 15) is 14.9 Å². The Hall–Kier alpha value is -3.29. The van der Waals surface area contributed by atoms with Crippen molar-refractivity contribution in [2.75, 3.05) is 7.11 Å². The molecule has 0 saturated heterocycles. The normalized spacial score (nSPS) is 11.0. The SMILES string of the molecule is COc1cc(CC(C)(C)NC(=O)O)ccc1Oc1ccc([N+](=O)[O-])cc1C. The van der Waals surface area contributed by atoms with E-state index in [1.165, 1.54) is 19.2 Å². The number of methoxy groups -OCH3 is 1. The van der Waals surface area contributed by atoms with E-state index >= 15 is 0 Å². The molecule has 2 aromatic rings. The van der Waals surface area contributed by atoms with Crippen molar-refractivity contribution >= 4 is 11.8 Å². The fraction of sp³-hybridized carbons (Fsp3) is 0.316. The van der Waals surface area contributed by atoms with Crippen LogP contribution in [0.5, 0.6) is 17.2 Å². The third kappa shape index (κ3) is 5.34. The van der Waals surface area contributed by atoms with Gasteiger partial charge in [0.1, 0.15) is 5.75 Å². The van der Waals surface area contributed by atoms with Crippen LogP contribution in [-0.2, 0) is 6.42 Å². The lowest BCUT2D eigenvalue weighted by Gasteiger charge is -2.25. The standard InChI is InChI=1S/C19H22N2O6/c1-12-9-14(21(24)25)6-8-15(12)27-16-7-5-13(10-17(16)26-4)11-19(2,3)20-18(22)23/h5-10,20H,11H2,1-4H3,(H,22,23). The number of rotatable bonds is 7. The number of nitrogens with zero attached hydrogens (tertiary/aromatic N) is 1. The van der Waals surface area contributed by atoms with Gasteiger partial charge in [-0.1, -0.05) is 6.07 Å². The van der Waals surface area contributed by atoms with Crippen LogP contribution in [0.25, 0.3) is 0 Å². The second-order valence-electron chi connectivity index (χ2n) is 6.78. The maximum Gasteiger partial charge on any atom is 0.405 e. The minimum absolute atomic E-state index is 0.00433. The van der Waals surface area contributed by atoms with Gasteiger partial charge < -0.3 is 19.9 Å². The molecule has 1 amide bonds. The van der Waals surface area contributed by atoms with E-state index in [0.717, 1.165) is 5.56 Å². The molecule has 0 saturated carbocycles. The van der Waals surface area contributed by atoms with Crippen LogP contribution in [0.2, 0.25) is 0 Å². The number of hydrogen-bond donors (Lipinski definition) is 2. The molecule has 0 bridgehead atoms. The number of ether oxygens (including phenoxy) is 2. The number of amides is 1. The number of carboxylic acid groups (broad SMARTS) is 1. The smallest absolute Gasteiger partial charge is 0.405 e. The van der Waals surface area contributed by atoms with Gasteiger partial charge in [-0.15, -0.1) is 0 Å². The van der Waals surface area contributed by atoms with Gasteiger partial charge >= 0.3 is 6.09 Å². The topological polar surface area (TPSA) is 111 Å². The van der Waals surface area contributed by atoms with Crippen molar-refractivity contribution in [3.63, 3.8) is 0 Å². The summed E-state index contributed by atoms with van der Waals surface area (Å²) in [5.41, 5.74) is 0.851. The Morgan fingerprint density at radius 3 is 2.41 bits per heavy atom. The molecule has 0 fully saturated rings. The first-order chi connectivity index (χ1) is 12.6. The summed E-state index contributed by atoms with van der Waals surface area (Å²) in [5.74, 6) is 1.43. The Labute approximate surface area is 156 Å². The number of non-ortho nitro benzene ring substituents is 1. The summed E-state index contributed by atoms with van der Waals surface area (Å²) in [6.45, 7) is 5.31. The van der Waals surface area contributed by atoms with Crippen LogP contribution < -0.4 is 14.8 Å². The first-order valence-corrected chi connectivity index (χ1v) is 8.22. The van der Waals surface area contributed by atoms with Crippen LogP contribution in [0.1, 0.15) is 25.0 Å². The first-order valence-electron chi connectivity index (χ1n) is 8.22. The van der Waals surface area contributed by atoms with Crippen LogP contribution in [0.4, 0.5) is 10.5 Å². The van der Waals surface area contributed by atoms with Gasteiger partial charge in [0, 0.05) is 17.7 Å². The van der Waals surface area contributed by atoms with Crippen molar-refractivity contribution in [1.82, 2.24) is 5.32 Å². The van der Waals surface area contributed by atoms with Gasteiger partial charge in [-0.25, -0.2) is 4.79 Å². The highest BCUT2D eigenvalue weighted by atomic mass is 16.6. The molecule has 0 unspecified atom stereocenters. The number of carbonyl (C=O) groups is 1. The Morgan fingerprint density at radius 1 is 1.19 bits per heavy atom. The van der Waals surface area contributed by atoms with Gasteiger partial charge in [0.2, 0.25) is 0 Å². The number of aryl methyl sites for hydroxylation is 1. The molecular weight excluding hydrogens is 352 g/mol. The lowest BCUT2D eigenvalue weighted by atomic mass is 9.95. The molecule has 2 rings (SSSR count). The largest absolute Gasteiger partial charge is 0.493 e. The van der Waals surface area contributed by atoms with E-state index in [1.807, 2.05) is 6.07 Å². The Bertz CT molecular complexity index is 863. The second kappa shape index (κ2) is 7.94. The monoisotopic (exact) mass is 374 g/mol. The lowest BCUT2D eigenvalue weighted by molar-refractivity contribution is -0.384. The molecule has 0 radical (unpaired) electrons. The van der Waals surface area contributed by atoms with Crippen LogP contribution in [0, 0.1) is 17.0 Å². The first kappa shape index (κ1) is 20.0. The second-order valence-corrected chi connectivity index (χ2v) is 6.78. The van der Waals surface area contributed by atoms with Crippen LogP contribution >= 0.6 is 0 Å². The Morgan fingerprint density at radius 2 is 1.85 bits per heavy atom. The molecular formula is C19H22N2O6. The molecule has 0 aromatic heterocycles. The highest BCUT2D eigenvalue weighted by Gasteiger charge is 2.21. The molecule has 0 heterocycles. The summed E-state index contributed by atoms with van der Waals surface area (Å²) >= 11 is 0. The number of benzene rings is 2. The van der Waals surface area contributed by atoms with Crippen molar-refractivity contribution in [2.24, 2.45) is 0 Å². The molecule has 0 atom stereocenters. The predicted molar refractivity (Wildman–Crippen MR) is 99.8 cm³/mol. The Balaban J connectivity index is 2.24. The zero-order chi connectivity index (χ0) is 20.2. The Kier molecular flexibility index (Phi) is 5.89. The average Bonchev–Trinajstić information content (AvgIpc) is 2.56. The van der Waals surface area contributed by atoms with Gasteiger partial charge in [0.05, 0.1) is 12.0 Å². The van der Waals surface area contributed by atoms with Crippen LogP contribution in [0.15, 0.2) is 36.4 Å². The van der Waals surface area contributed by atoms with E-state index in [1.54, 1.807) is 39.0 Å².